The summed E-state index contributed by atoms with van der Waals surface area (Å²) in [6.45, 7) is 1.11. The second-order valence-electron chi connectivity index (χ2n) is 7.07. The molecule has 0 saturated carbocycles. The number of pyridine rings is 1. The van der Waals surface area contributed by atoms with Gasteiger partial charge in [-0.1, -0.05) is 18.2 Å². The van der Waals surface area contributed by atoms with Gasteiger partial charge in [0.1, 0.15) is 17.6 Å². The summed E-state index contributed by atoms with van der Waals surface area (Å²) in [6.07, 6.45) is 3.10. The number of hydrogen-bond donors (Lipinski definition) is 0. The van der Waals surface area contributed by atoms with Gasteiger partial charge in [0, 0.05) is 32.3 Å². The monoisotopic (exact) mass is 388 g/mol. The number of para-hydroxylation sites is 1. The van der Waals surface area contributed by atoms with E-state index in [9.17, 15) is 9.59 Å². The first-order valence-corrected chi connectivity index (χ1v) is 9.45. The lowest BCUT2D eigenvalue weighted by molar-refractivity contribution is 0.0703. The first-order valence-electron chi connectivity index (χ1n) is 9.45. The lowest BCUT2D eigenvalue weighted by Gasteiger charge is -2.32. The van der Waals surface area contributed by atoms with Crippen LogP contribution in [0.1, 0.15) is 40.6 Å². The number of hydrogen-bond acceptors (Lipinski definition) is 5. The average Bonchev–Trinajstić information content (AvgIpc) is 3.08. The van der Waals surface area contributed by atoms with Crippen LogP contribution in [0.5, 0.6) is 0 Å². The van der Waals surface area contributed by atoms with Crippen LogP contribution in [-0.2, 0) is 7.05 Å². The summed E-state index contributed by atoms with van der Waals surface area (Å²) in [4.78, 5) is 31.3. The molecule has 0 radical (unpaired) electrons. The summed E-state index contributed by atoms with van der Waals surface area (Å²) in [5, 5.41) is 13.4. The minimum Gasteiger partial charge on any atom is -0.338 e. The van der Waals surface area contributed by atoms with E-state index in [4.69, 9.17) is 5.26 Å². The largest absolute Gasteiger partial charge is 0.350 e. The molecule has 29 heavy (non-hydrogen) atoms. The molecule has 1 saturated heterocycles. The van der Waals surface area contributed by atoms with Crippen LogP contribution in [0.15, 0.2) is 53.5 Å². The van der Waals surface area contributed by atoms with E-state index in [-0.39, 0.29) is 23.2 Å². The minimum absolute atomic E-state index is 0.0480. The molecule has 8 nitrogen and oxygen atoms in total. The Balaban J connectivity index is 1.62. The lowest BCUT2D eigenvalue weighted by Crippen LogP contribution is -2.40. The van der Waals surface area contributed by atoms with Crippen LogP contribution in [0.2, 0.25) is 0 Å². The molecule has 1 atom stereocenters. The van der Waals surface area contributed by atoms with Gasteiger partial charge < -0.3 is 4.90 Å². The number of amides is 1. The summed E-state index contributed by atoms with van der Waals surface area (Å²) >= 11 is 0. The minimum atomic E-state index is -0.203. The van der Waals surface area contributed by atoms with Gasteiger partial charge >= 0.3 is 5.69 Å². The molecular formula is C21H20N6O2. The van der Waals surface area contributed by atoms with Crippen LogP contribution in [0.25, 0.3) is 5.69 Å². The second kappa shape index (κ2) is 7.72. The van der Waals surface area contributed by atoms with Crippen molar-refractivity contribution in [2.24, 2.45) is 7.05 Å². The van der Waals surface area contributed by atoms with Crippen molar-refractivity contribution in [2.75, 3.05) is 13.1 Å². The summed E-state index contributed by atoms with van der Waals surface area (Å²) in [6, 6.07) is 14.5. The van der Waals surface area contributed by atoms with Gasteiger partial charge in [0.15, 0.2) is 0 Å². The quantitative estimate of drug-likeness (QED) is 0.682. The highest BCUT2D eigenvalue weighted by Crippen LogP contribution is 2.27. The Morgan fingerprint density at radius 3 is 2.69 bits per heavy atom. The average molecular weight is 388 g/mol. The van der Waals surface area contributed by atoms with Gasteiger partial charge in [0.25, 0.3) is 5.91 Å². The van der Waals surface area contributed by atoms with Crippen molar-refractivity contribution in [1.29, 1.82) is 5.26 Å². The zero-order valence-corrected chi connectivity index (χ0v) is 16.0. The topological polar surface area (TPSA) is 96.8 Å². The van der Waals surface area contributed by atoms with Gasteiger partial charge in [0.05, 0.1) is 11.3 Å². The van der Waals surface area contributed by atoms with Crippen molar-refractivity contribution in [3.05, 3.63) is 76.2 Å². The van der Waals surface area contributed by atoms with Gasteiger partial charge in [-0.25, -0.2) is 19.0 Å². The number of carbonyl (C=O) groups excluding carboxylic acids is 1. The van der Waals surface area contributed by atoms with Crippen molar-refractivity contribution < 1.29 is 4.79 Å². The third-order valence-electron chi connectivity index (χ3n) is 5.16. The maximum atomic E-state index is 12.9. The number of aromatic nitrogens is 4. The van der Waals surface area contributed by atoms with Gasteiger partial charge in [-0.15, -0.1) is 0 Å². The molecule has 1 fully saturated rings. The van der Waals surface area contributed by atoms with Crippen molar-refractivity contribution in [3.8, 4) is 11.8 Å². The lowest BCUT2D eigenvalue weighted by atomic mass is 9.96. The van der Waals surface area contributed by atoms with Crippen LogP contribution in [0.3, 0.4) is 0 Å². The highest BCUT2D eigenvalue weighted by molar-refractivity contribution is 5.94. The van der Waals surface area contributed by atoms with E-state index in [2.05, 4.69) is 10.1 Å². The fourth-order valence-electron chi connectivity index (χ4n) is 3.71. The number of nitriles is 1. The maximum Gasteiger partial charge on any atom is 0.350 e. The second-order valence-corrected chi connectivity index (χ2v) is 7.07. The molecule has 0 aliphatic carbocycles. The molecule has 2 aromatic heterocycles. The Morgan fingerprint density at radius 1 is 1.21 bits per heavy atom. The van der Waals surface area contributed by atoms with E-state index in [1.807, 2.05) is 36.4 Å². The molecule has 3 heterocycles. The van der Waals surface area contributed by atoms with Gasteiger partial charge in [0.2, 0.25) is 0 Å². The number of benzene rings is 1. The standard InChI is InChI=1S/C21H20N6O2/c1-25-21(29)27(18-7-3-2-4-8-18)19(24-25)16-6-5-11-26(14-16)20(28)15-9-10-17(12-22)23-13-15/h2-4,7-10,13,16H,5-6,11,14H2,1H3. The first kappa shape index (κ1) is 18.6. The summed E-state index contributed by atoms with van der Waals surface area (Å²) in [5.41, 5.74) is 1.29. The van der Waals surface area contributed by atoms with Crippen LogP contribution >= 0.6 is 0 Å². The van der Waals surface area contributed by atoms with E-state index in [0.717, 1.165) is 18.5 Å². The SMILES string of the molecule is Cn1nc(C2CCCN(C(=O)c3ccc(C#N)nc3)C2)n(-c2ccccc2)c1=O. The van der Waals surface area contributed by atoms with Gasteiger partial charge in [-0.3, -0.25) is 4.79 Å². The zero-order chi connectivity index (χ0) is 20.4. The van der Waals surface area contributed by atoms with Crippen LogP contribution in [-0.4, -0.2) is 43.2 Å². The van der Waals surface area contributed by atoms with Crippen molar-refractivity contribution >= 4 is 5.91 Å². The third kappa shape index (κ3) is 3.55. The Labute approximate surface area is 167 Å². The molecule has 1 aliphatic heterocycles. The number of likely N-dealkylation sites (tertiary alicyclic amines) is 1. The van der Waals surface area contributed by atoms with Crippen LogP contribution < -0.4 is 5.69 Å². The Bertz CT molecular complexity index is 1120. The van der Waals surface area contributed by atoms with Gasteiger partial charge in [-0.05, 0) is 37.1 Å². The Hall–Kier alpha value is -3.73. The van der Waals surface area contributed by atoms with Crippen LogP contribution in [0, 0.1) is 11.3 Å². The maximum absolute atomic E-state index is 12.9. The molecule has 8 heteroatoms. The van der Waals surface area contributed by atoms with E-state index in [0.29, 0.717) is 24.5 Å². The number of carbonyl (C=O) groups is 1. The molecule has 0 bridgehead atoms. The molecule has 1 aromatic carbocycles. The molecule has 3 aromatic rings. The smallest absolute Gasteiger partial charge is 0.338 e. The summed E-state index contributed by atoms with van der Waals surface area (Å²) in [5.74, 6) is 0.489. The van der Waals surface area contributed by atoms with E-state index in [1.54, 1.807) is 28.6 Å². The molecule has 1 amide bonds. The highest BCUT2D eigenvalue weighted by atomic mass is 16.2. The van der Waals surface area contributed by atoms with E-state index >= 15 is 0 Å². The molecule has 146 valence electrons. The fourth-order valence-corrected chi connectivity index (χ4v) is 3.71. The van der Waals surface area contributed by atoms with Crippen molar-refractivity contribution in [2.45, 2.75) is 18.8 Å². The molecular weight excluding hydrogens is 368 g/mol. The first-order chi connectivity index (χ1) is 14.1. The summed E-state index contributed by atoms with van der Waals surface area (Å²) < 4.78 is 2.97. The molecule has 0 N–H and O–H groups in total. The molecule has 1 aliphatic rings. The number of nitrogens with zero attached hydrogens (tertiary/aromatic N) is 6. The Kier molecular flexibility index (Phi) is 4.96. The number of rotatable bonds is 3. The van der Waals surface area contributed by atoms with E-state index < -0.39 is 0 Å². The van der Waals surface area contributed by atoms with Crippen molar-refractivity contribution in [3.63, 3.8) is 0 Å². The van der Waals surface area contributed by atoms with E-state index in [1.165, 1.54) is 10.9 Å². The zero-order valence-electron chi connectivity index (χ0n) is 16.0. The molecule has 0 spiro atoms. The molecule has 1 unspecified atom stereocenters. The normalized spacial score (nSPS) is 16.4. The summed E-state index contributed by atoms with van der Waals surface area (Å²) in [7, 11) is 1.64. The fraction of sp³-hybridized carbons (Fsp3) is 0.286. The number of piperidine rings is 1. The highest BCUT2D eigenvalue weighted by Gasteiger charge is 2.30. The van der Waals surface area contributed by atoms with Crippen LogP contribution in [0.4, 0.5) is 0 Å². The third-order valence-corrected chi connectivity index (χ3v) is 5.16. The van der Waals surface area contributed by atoms with Crippen molar-refractivity contribution in [1.82, 2.24) is 24.2 Å². The van der Waals surface area contributed by atoms with Gasteiger partial charge in [-0.2, -0.15) is 10.4 Å². The Morgan fingerprint density at radius 2 is 2.00 bits per heavy atom. The molecule has 4 rings (SSSR count). The predicted molar refractivity (Wildman–Crippen MR) is 106 cm³/mol. The predicted octanol–water partition coefficient (Wildman–Crippen LogP) is 1.86. The number of aryl methyl sites for hydroxylation is 1.